The second-order valence-electron chi connectivity index (χ2n) is 3.11. The molecule has 80 valence electrons. The van der Waals surface area contributed by atoms with Gasteiger partial charge in [-0.3, -0.25) is 4.98 Å². The third-order valence-corrected chi connectivity index (χ3v) is 1.81. The smallest absolute Gasteiger partial charge is 0.130 e. The van der Waals surface area contributed by atoms with Gasteiger partial charge in [0, 0.05) is 12.4 Å². The summed E-state index contributed by atoms with van der Waals surface area (Å²) in [5.74, 6) is 1.72. The van der Waals surface area contributed by atoms with Crippen LogP contribution < -0.4 is 4.74 Å². The Morgan fingerprint density at radius 2 is 2.00 bits per heavy atom. The number of nitrogens with zero attached hydrogens (tertiary/aromatic N) is 1. The van der Waals surface area contributed by atoms with Crippen molar-refractivity contribution in [2.45, 2.75) is 26.7 Å². The van der Waals surface area contributed by atoms with E-state index in [1.807, 2.05) is 18.2 Å². The second-order valence-corrected chi connectivity index (χ2v) is 3.11. The van der Waals surface area contributed by atoms with Gasteiger partial charge in [0.2, 0.25) is 0 Å². The van der Waals surface area contributed by atoms with Crippen LogP contribution in [0.2, 0.25) is 0 Å². The van der Waals surface area contributed by atoms with Gasteiger partial charge in [-0.05, 0) is 37.1 Å². The number of hydrogen-bond acceptors (Lipinski definition) is 2. The number of ether oxygens (including phenoxy) is 1. The Bertz CT molecular complexity index is 328. The van der Waals surface area contributed by atoms with Crippen LogP contribution in [0.25, 0.3) is 0 Å². The molecule has 0 saturated heterocycles. The van der Waals surface area contributed by atoms with Crippen molar-refractivity contribution in [3.8, 4) is 5.75 Å². The predicted molar refractivity (Wildman–Crippen MR) is 62.7 cm³/mol. The van der Waals surface area contributed by atoms with Crippen LogP contribution in [0.4, 0.5) is 0 Å². The highest BCUT2D eigenvalue weighted by Gasteiger charge is 1.95. The van der Waals surface area contributed by atoms with Crippen molar-refractivity contribution in [3.63, 3.8) is 0 Å². The van der Waals surface area contributed by atoms with E-state index < -0.39 is 0 Å². The van der Waals surface area contributed by atoms with Crippen molar-refractivity contribution in [1.29, 1.82) is 0 Å². The van der Waals surface area contributed by atoms with E-state index in [0.717, 1.165) is 24.4 Å². The monoisotopic (exact) mass is 203 g/mol. The first kappa shape index (κ1) is 11.5. The van der Waals surface area contributed by atoms with Crippen LogP contribution in [0, 0.1) is 0 Å². The molecule has 0 aliphatic heterocycles. The molecule has 0 aromatic carbocycles. The maximum absolute atomic E-state index is 5.69. The molecule has 0 N–H and O–H groups in total. The van der Waals surface area contributed by atoms with Crippen molar-refractivity contribution in [3.05, 3.63) is 48.5 Å². The molecule has 0 aliphatic carbocycles. The summed E-state index contributed by atoms with van der Waals surface area (Å²) in [6, 6.07) is 3.70. The summed E-state index contributed by atoms with van der Waals surface area (Å²) in [5.41, 5.74) is 0. The van der Waals surface area contributed by atoms with Crippen LogP contribution in [0.3, 0.4) is 0 Å². The van der Waals surface area contributed by atoms with E-state index in [2.05, 4.69) is 31.0 Å². The van der Waals surface area contributed by atoms with Crippen molar-refractivity contribution in [1.82, 2.24) is 4.98 Å². The lowest BCUT2D eigenvalue weighted by Crippen LogP contribution is -1.92. The number of allylic oxidation sites excluding steroid dienone is 3. The van der Waals surface area contributed by atoms with Crippen LogP contribution in [-0.2, 0) is 0 Å². The number of rotatable bonds is 5. The Balaban J connectivity index is 2.67. The Morgan fingerprint density at radius 3 is 2.60 bits per heavy atom. The summed E-state index contributed by atoms with van der Waals surface area (Å²) in [7, 11) is 0. The van der Waals surface area contributed by atoms with Crippen molar-refractivity contribution < 1.29 is 4.74 Å². The molecule has 0 bridgehead atoms. The van der Waals surface area contributed by atoms with E-state index in [4.69, 9.17) is 4.74 Å². The molecule has 2 heteroatoms. The minimum absolute atomic E-state index is 0.824. The highest BCUT2D eigenvalue weighted by molar-refractivity contribution is 5.24. The largest absolute Gasteiger partial charge is 0.458 e. The summed E-state index contributed by atoms with van der Waals surface area (Å²) in [6.45, 7) is 4.20. The van der Waals surface area contributed by atoms with E-state index in [1.54, 1.807) is 12.4 Å². The number of pyridine rings is 1. The molecule has 0 unspecified atom stereocenters. The zero-order valence-corrected chi connectivity index (χ0v) is 9.31. The van der Waals surface area contributed by atoms with Gasteiger partial charge >= 0.3 is 0 Å². The third kappa shape index (κ3) is 4.45. The zero-order chi connectivity index (χ0) is 10.9. The molecule has 2 nitrogen and oxygen atoms in total. The van der Waals surface area contributed by atoms with Gasteiger partial charge in [0.1, 0.15) is 11.5 Å². The summed E-state index contributed by atoms with van der Waals surface area (Å²) in [5, 5.41) is 0. The fourth-order valence-corrected chi connectivity index (χ4v) is 1.12. The van der Waals surface area contributed by atoms with Crippen LogP contribution in [0.1, 0.15) is 26.7 Å². The fraction of sp³-hybridized carbons (Fsp3) is 0.308. The average molecular weight is 203 g/mol. The van der Waals surface area contributed by atoms with E-state index in [0.29, 0.717) is 0 Å². The lowest BCUT2D eigenvalue weighted by molar-refractivity contribution is 0.441. The predicted octanol–water partition coefficient (Wildman–Crippen LogP) is 3.72. The molecule has 0 aliphatic rings. The minimum atomic E-state index is 0.824. The van der Waals surface area contributed by atoms with Gasteiger partial charge in [-0.15, -0.1) is 0 Å². The minimum Gasteiger partial charge on any atom is -0.458 e. The van der Waals surface area contributed by atoms with E-state index in [9.17, 15) is 0 Å². The quantitative estimate of drug-likeness (QED) is 0.537. The molecule has 0 amide bonds. The maximum Gasteiger partial charge on any atom is 0.130 e. The Labute approximate surface area is 91.3 Å². The molecule has 1 aromatic heterocycles. The van der Waals surface area contributed by atoms with Crippen LogP contribution in [0.5, 0.6) is 5.75 Å². The molecular weight excluding hydrogens is 186 g/mol. The molecule has 1 aromatic rings. The third-order valence-electron chi connectivity index (χ3n) is 1.81. The number of aromatic nitrogens is 1. The molecule has 0 atom stereocenters. The highest BCUT2D eigenvalue weighted by atomic mass is 16.5. The first-order chi connectivity index (χ1) is 7.36. The Kier molecular flexibility index (Phi) is 5.23. The highest BCUT2D eigenvalue weighted by Crippen LogP contribution is 2.13. The summed E-state index contributed by atoms with van der Waals surface area (Å²) >= 11 is 0. The molecule has 1 heterocycles. The standard InChI is InChI=1S/C13H17NO/c1-3-5-7-12(6-4-2)15-13-8-10-14-11-9-13/h5-11H,3-4H2,1-2H3/b7-5-,12-6+. The molecule has 0 saturated carbocycles. The first-order valence-electron chi connectivity index (χ1n) is 5.31. The average Bonchev–Trinajstić information content (AvgIpc) is 2.28. The lowest BCUT2D eigenvalue weighted by Gasteiger charge is -2.05. The molecular formula is C13H17NO. The number of hydrogen-bond donors (Lipinski definition) is 0. The van der Waals surface area contributed by atoms with Crippen LogP contribution in [0.15, 0.2) is 48.5 Å². The molecule has 15 heavy (non-hydrogen) atoms. The summed E-state index contributed by atoms with van der Waals surface area (Å²) < 4.78 is 5.69. The molecule has 0 spiro atoms. The van der Waals surface area contributed by atoms with Gasteiger partial charge in [0.15, 0.2) is 0 Å². The Morgan fingerprint density at radius 1 is 1.27 bits per heavy atom. The van der Waals surface area contributed by atoms with Gasteiger partial charge in [0.25, 0.3) is 0 Å². The van der Waals surface area contributed by atoms with E-state index in [1.165, 1.54) is 0 Å². The van der Waals surface area contributed by atoms with E-state index >= 15 is 0 Å². The van der Waals surface area contributed by atoms with Gasteiger partial charge in [-0.2, -0.15) is 0 Å². The van der Waals surface area contributed by atoms with Crippen molar-refractivity contribution in [2.75, 3.05) is 0 Å². The van der Waals surface area contributed by atoms with Crippen LogP contribution in [-0.4, -0.2) is 4.98 Å². The molecule has 0 fully saturated rings. The van der Waals surface area contributed by atoms with Gasteiger partial charge in [-0.25, -0.2) is 0 Å². The normalized spacial score (nSPS) is 12.0. The molecule has 1 rings (SSSR count). The van der Waals surface area contributed by atoms with Crippen molar-refractivity contribution in [2.24, 2.45) is 0 Å². The fourth-order valence-electron chi connectivity index (χ4n) is 1.12. The summed E-state index contributed by atoms with van der Waals surface area (Å²) in [6.07, 6.45) is 11.6. The van der Waals surface area contributed by atoms with E-state index in [-0.39, 0.29) is 0 Å². The zero-order valence-electron chi connectivity index (χ0n) is 9.31. The first-order valence-corrected chi connectivity index (χ1v) is 5.31. The second kappa shape index (κ2) is 6.82. The molecule has 0 radical (unpaired) electrons. The van der Waals surface area contributed by atoms with Crippen LogP contribution >= 0.6 is 0 Å². The topological polar surface area (TPSA) is 22.1 Å². The van der Waals surface area contributed by atoms with Crippen molar-refractivity contribution >= 4 is 0 Å². The van der Waals surface area contributed by atoms with Gasteiger partial charge in [-0.1, -0.05) is 19.9 Å². The maximum atomic E-state index is 5.69. The Hall–Kier alpha value is -1.57. The summed E-state index contributed by atoms with van der Waals surface area (Å²) in [4.78, 5) is 3.94. The lowest BCUT2D eigenvalue weighted by atomic mass is 10.3. The van der Waals surface area contributed by atoms with Gasteiger partial charge in [0.05, 0.1) is 0 Å². The van der Waals surface area contributed by atoms with Gasteiger partial charge < -0.3 is 4.74 Å². The SMILES string of the molecule is CC/C=C\C(=C/CC)Oc1ccncc1.